The summed E-state index contributed by atoms with van der Waals surface area (Å²) in [6.45, 7) is 6.81. The third-order valence-electron chi connectivity index (χ3n) is 11.3. The molecule has 0 saturated carbocycles. The van der Waals surface area contributed by atoms with Crippen molar-refractivity contribution >= 4 is 5.91 Å². The SMILES string of the molecule is C=CCO[C@H]1O[C@H](COCc2ccccc2)[C@H](O[C@@H]2O[C@@H]3COC(c4ccccc4)O[C@H]3[C@H](OCc3ccccc3)[C@@H]2NC(C)=O)[C@H](OCc2ccccc2)[C@H]1OCc1ccccc1. The molecule has 1 amide bonds. The van der Waals surface area contributed by atoms with E-state index in [-0.39, 0.29) is 45.5 Å². The molecular formula is C52H57NO11. The molecule has 8 rings (SSSR count). The smallest absolute Gasteiger partial charge is 0.217 e. The van der Waals surface area contributed by atoms with E-state index in [0.717, 1.165) is 27.8 Å². The van der Waals surface area contributed by atoms with Crippen LogP contribution in [-0.4, -0.2) is 87.1 Å². The molecule has 3 saturated heterocycles. The van der Waals surface area contributed by atoms with Gasteiger partial charge in [-0.2, -0.15) is 0 Å². The van der Waals surface area contributed by atoms with Gasteiger partial charge in [-0.15, -0.1) is 6.58 Å². The van der Waals surface area contributed by atoms with Crippen LogP contribution in [0.1, 0.15) is 41.0 Å². The number of benzene rings is 5. The number of ether oxygens (including phenoxy) is 10. The van der Waals surface area contributed by atoms with Gasteiger partial charge < -0.3 is 52.7 Å². The fraction of sp³-hybridized carbons (Fsp3) is 0.365. The maximum atomic E-state index is 13.2. The minimum atomic E-state index is -1.11. The highest BCUT2D eigenvalue weighted by atomic mass is 16.8. The maximum Gasteiger partial charge on any atom is 0.217 e. The highest BCUT2D eigenvalue weighted by Gasteiger charge is 2.55. The van der Waals surface area contributed by atoms with Crippen LogP contribution in [0.5, 0.6) is 0 Å². The predicted octanol–water partition coefficient (Wildman–Crippen LogP) is 7.62. The fourth-order valence-electron chi connectivity index (χ4n) is 8.22. The molecule has 0 aliphatic carbocycles. The molecule has 64 heavy (non-hydrogen) atoms. The summed E-state index contributed by atoms with van der Waals surface area (Å²) in [4.78, 5) is 13.2. The number of hydrogen-bond acceptors (Lipinski definition) is 11. The number of carbonyl (C=O) groups is 1. The van der Waals surface area contributed by atoms with E-state index in [4.69, 9.17) is 47.4 Å². The van der Waals surface area contributed by atoms with E-state index < -0.39 is 67.6 Å². The van der Waals surface area contributed by atoms with Crippen molar-refractivity contribution in [3.63, 3.8) is 0 Å². The Hall–Kier alpha value is -5.09. The summed E-state index contributed by atoms with van der Waals surface area (Å²) in [5, 5.41) is 3.13. The minimum Gasteiger partial charge on any atom is -0.374 e. The zero-order valence-corrected chi connectivity index (χ0v) is 36.0. The van der Waals surface area contributed by atoms with Crippen molar-refractivity contribution < 1.29 is 52.2 Å². The molecule has 12 heteroatoms. The molecule has 3 aliphatic heterocycles. The van der Waals surface area contributed by atoms with Crippen LogP contribution in [0.2, 0.25) is 0 Å². The van der Waals surface area contributed by atoms with Crippen LogP contribution in [-0.2, 0) is 78.6 Å². The first-order chi connectivity index (χ1) is 31.5. The Labute approximate surface area is 375 Å². The first-order valence-electron chi connectivity index (χ1n) is 21.9. The second-order valence-electron chi connectivity index (χ2n) is 16.0. The number of hydrogen-bond donors (Lipinski definition) is 1. The fourth-order valence-corrected chi connectivity index (χ4v) is 8.22. The predicted molar refractivity (Wildman–Crippen MR) is 237 cm³/mol. The van der Waals surface area contributed by atoms with Crippen molar-refractivity contribution in [3.8, 4) is 0 Å². The van der Waals surface area contributed by atoms with Gasteiger partial charge in [-0.25, -0.2) is 0 Å². The summed E-state index contributed by atoms with van der Waals surface area (Å²) in [6.07, 6.45) is -6.41. The van der Waals surface area contributed by atoms with E-state index in [1.54, 1.807) is 6.08 Å². The molecule has 12 nitrogen and oxygen atoms in total. The number of nitrogens with one attached hydrogen (secondary N) is 1. The largest absolute Gasteiger partial charge is 0.374 e. The van der Waals surface area contributed by atoms with Crippen molar-refractivity contribution in [2.45, 2.75) is 101 Å². The van der Waals surface area contributed by atoms with Gasteiger partial charge in [0, 0.05) is 12.5 Å². The van der Waals surface area contributed by atoms with E-state index in [0.29, 0.717) is 6.61 Å². The van der Waals surface area contributed by atoms with Gasteiger partial charge in [-0.1, -0.05) is 158 Å². The molecule has 0 spiro atoms. The standard InChI is InChI=1S/C52H57NO11/c1-3-29-56-52-49(59-33-40-25-15-7-16-26-40)48(58-32-39-23-13-6-14-24-39)46(42(62-52)34-55-30-37-19-9-4-10-20-37)64-51-44(53-36(2)54)47(57-31-38-21-11-5-12-22-38)45-43(61-51)35-60-50(63-45)41-27-17-8-18-28-41/h3-28,42-52H,1,29-35H2,2H3,(H,53,54)/t42-,43-,44+,45-,46+,47-,48+,49-,50?,51+,52+/m1/s1. The monoisotopic (exact) mass is 871 g/mol. The van der Waals surface area contributed by atoms with E-state index in [9.17, 15) is 4.79 Å². The topological polar surface area (TPSA) is 121 Å². The first-order valence-corrected chi connectivity index (χ1v) is 21.9. The molecule has 3 fully saturated rings. The number of carbonyl (C=O) groups excluding carboxylic acids is 1. The van der Waals surface area contributed by atoms with Crippen LogP contribution in [0.15, 0.2) is 164 Å². The van der Waals surface area contributed by atoms with Gasteiger partial charge in [-0.05, 0) is 22.3 Å². The van der Waals surface area contributed by atoms with Gasteiger partial charge in [-0.3, -0.25) is 4.79 Å². The number of amides is 1. The van der Waals surface area contributed by atoms with Crippen LogP contribution in [0.25, 0.3) is 0 Å². The molecule has 336 valence electrons. The van der Waals surface area contributed by atoms with Crippen LogP contribution >= 0.6 is 0 Å². The molecule has 3 aliphatic rings. The third kappa shape index (κ3) is 12.2. The Balaban J connectivity index is 1.15. The Bertz CT molecular complexity index is 2130. The molecule has 0 aromatic heterocycles. The lowest BCUT2D eigenvalue weighted by molar-refractivity contribution is -0.380. The third-order valence-corrected chi connectivity index (χ3v) is 11.3. The zero-order chi connectivity index (χ0) is 43.9. The summed E-state index contributed by atoms with van der Waals surface area (Å²) in [5.74, 6) is -0.304. The second-order valence-corrected chi connectivity index (χ2v) is 16.0. The summed E-state index contributed by atoms with van der Waals surface area (Å²) < 4.78 is 67.1. The summed E-state index contributed by atoms with van der Waals surface area (Å²) in [7, 11) is 0. The van der Waals surface area contributed by atoms with Crippen molar-refractivity contribution in [2.24, 2.45) is 0 Å². The van der Waals surface area contributed by atoms with Gasteiger partial charge >= 0.3 is 0 Å². The first kappa shape index (κ1) is 45.5. The van der Waals surface area contributed by atoms with E-state index >= 15 is 0 Å². The van der Waals surface area contributed by atoms with Gasteiger partial charge in [0.2, 0.25) is 5.91 Å². The van der Waals surface area contributed by atoms with E-state index in [2.05, 4.69) is 11.9 Å². The van der Waals surface area contributed by atoms with E-state index in [1.807, 2.05) is 152 Å². The molecule has 3 heterocycles. The van der Waals surface area contributed by atoms with Gasteiger partial charge in [0.1, 0.15) is 48.8 Å². The van der Waals surface area contributed by atoms with Crippen LogP contribution in [0.3, 0.4) is 0 Å². The van der Waals surface area contributed by atoms with E-state index in [1.165, 1.54) is 6.92 Å². The van der Waals surface area contributed by atoms with Crippen molar-refractivity contribution in [3.05, 3.63) is 192 Å². The van der Waals surface area contributed by atoms with Gasteiger partial charge in [0.15, 0.2) is 18.9 Å². The maximum absolute atomic E-state index is 13.2. The Kier molecular flexibility index (Phi) is 16.5. The molecule has 0 bridgehead atoms. The highest BCUT2D eigenvalue weighted by Crippen LogP contribution is 2.39. The van der Waals surface area contributed by atoms with Crippen LogP contribution < -0.4 is 5.32 Å². The van der Waals surface area contributed by atoms with Crippen molar-refractivity contribution in [1.82, 2.24) is 5.32 Å². The Morgan fingerprint density at radius 2 is 1.12 bits per heavy atom. The Morgan fingerprint density at radius 1 is 0.609 bits per heavy atom. The molecule has 0 radical (unpaired) electrons. The summed E-state index contributed by atoms with van der Waals surface area (Å²) >= 11 is 0. The van der Waals surface area contributed by atoms with Crippen molar-refractivity contribution in [1.29, 1.82) is 0 Å². The molecule has 11 atom stereocenters. The lowest BCUT2D eigenvalue weighted by Crippen LogP contribution is -2.69. The lowest BCUT2D eigenvalue weighted by atomic mass is 9.94. The molecule has 1 unspecified atom stereocenters. The normalized spacial score (nSPS) is 27.9. The lowest BCUT2D eigenvalue weighted by Gasteiger charge is -2.52. The van der Waals surface area contributed by atoms with Gasteiger partial charge in [0.05, 0.1) is 46.2 Å². The Morgan fingerprint density at radius 3 is 1.67 bits per heavy atom. The number of rotatable bonds is 20. The second kappa shape index (κ2) is 23.2. The molecule has 5 aromatic rings. The number of fused-ring (bicyclic) bond motifs is 1. The zero-order valence-electron chi connectivity index (χ0n) is 36.0. The highest BCUT2D eigenvalue weighted by molar-refractivity contribution is 5.73. The average Bonchev–Trinajstić information content (AvgIpc) is 3.34. The quantitative estimate of drug-likeness (QED) is 0.0779. The molecular weight excluding hydrogens is 815 g/mol. The van der Waals surface area contributed by atoms with Crippen LogP contribution in [0.4, 0.5) is 0 Å². The summed E-state index contributed by atoms with van der Waals surface area (Å²) in [6, 6.07) is 48.4. The van der Waals surface area contributed by atoms with Crippen molar-refractivity contribution in [2.75, 3.05) is 19.8 Å². The van der Waals surface area contributed by atoms with Crippen LogP contribution in [0, 0.1) is 0 Å². The molecule has 5 aromatic carbocycles. The molecule has 1 N–H and O–H groups in total. The average molecular weight is 872 g/mol. The van der Waals surface area contributed by atoms with Gasteiger partial charge in [0.25, 0.3) is 0 Å². The minimum absolute atomic E-state index is 0.0899. The summed E-state index contributed by atoms with van der Waals surface area (Å²) in [5.41, 5.74) is 4.69.